The summed E-state index contributed by atoms with van der Waals surface area (Å²) in [6.07, 6.45) is 0.859. The molecular formula is C11H19N3O4. The van der Waals surface area contributed by atoms with E-state index in [1.54, 1.807) is 0 Å². The minimum Gasteiger partial charge on any atom is -0.429 e. The van der Waals surface area contributed by atoms with Crippen molar-refractivity contribution in [2.75, 3.05) is 6.54 Å². The zero-order valence-electron chi connectivity index (χ0n) is 10.6. The van der Waals surface area contributed by atoms with E-state index in [1.807, 2.05) is 13.8 Å². The normalized spacial score (nSPS) is 23.2. The van der Waals surface area contributed by atoms with Crippen LogP contribution < -0.4 is 11.5 Å². The molecule has 0 aromatic heterocycles. The summed E-state index contributed by atoms with van der Waals surface area (Å²) in [7, 11) is 0. The number of carbonyl (C=O) groups is 3. The fraction of sp³-hybridized carbons (Fsp3) is 0.727. The number of rotatable bonds is 4. The number of nitrogens with zero attached hydrogens (tertiary/aromatic N) is 1. The molecule has 0 aromatic carbocycles. The molecule has 0 aliphatic carbocycles. The van der Waals surface area contributed by atoms with Crippen molar-refractivity contribution in [1.82, 2.24) is 4.90 Å². The van der Waals surface area contributed by atoms with Gasteiger partial charge < -0.3 is 16.2 Å². The van der Waals surface area contributed by atoms with E-state index in [2.05, 4.69) is 0 Å². The molecule has 7 heteroatoms. The molecule has 1 unspecified atom stereocenters. The quantitative estimate of drug-likeness (QED) is 0.686. The predicted octanol–water partition coefficient (Wildman–Crippen LogP) is -0.0682. The second-order valence-electron chi connectivity index (χ2n) is 4.81. The Morgan fingerprint density at radius 1 is 1.33 bits per heavy atom. The molecule has 1 aliphatic rings. The van der Waals surface area contributed by atoms with Crippen molar-refractivity contribution >= 4 is 17.9 Å². The first-order chi connectivity index (χ1) is 8.29. The summed E-state index contributed by atoms with van der Waals surface area (Å²) in [4.78, 5) is 35.5. The summed E-state index contributed by atoms with van der Waals surface area (Å²) in [5, 5.41) is 0. The van der Waals surface area contributed by atoms with E-state index in [1.165, 1.54) is 0 Å². The van der Waals surface area contributed by atoms with Gasteiger partial charge >= 0.3 is 12.0 Å². The average molecular weight is 257 g/mol. The maximum absolute atomic E-state index is 11.7. The van der Waals surface area contributed by atoms with Crippen LogP contribution in [-0.2, 0) is 14.3 Å². The van der Waals surface area contributed by atoms with Crippen LogP contribution in [0, 0.1) is 5.92 Å². The lowest BCUT2D eigenvalue weighted by Crippen LogP contribution is -2.60. The van der Waals surface area contributed by atoms with Crippen LogP contribution in [0.1, 0.15) is 33.1 Å². The van der Waals surface area contributed by atoms with Crippen molar-refractivity contribution in [3.63, 3.8) is 0 Å². The minimum atomic E-state index is -1.71. The van der Waals surface area contributed by atoms with Gasteiger partial charge in [-0.25, -0.2) is 4.79 Å². The second kappa shape index (κ2) is 5.24. The highest BCUT2D eigenvalue weighted by molar-refractivity contribution is 5.90. The van der Waals surface area contributed by atoms with Crippen LogP contribution in [0.2, 0.25) is 0 Å². The molecule has 102 valence electrons. The van der Waals surface area contributed by atoms with Crippen LogP contribution in [0.15, 0.2) is 0 Å². The van der Waals surface area contributed by atoms with Gasteiger partial charge in [-0.3, -0.25) is 14.5 Å². The van der Waals surface area contributed by atoms with Gasteiger partial charge in [0.15, 0.2) is 0 Å². The van der Waals surface area contributed by atoms with E-state index in [9.17, 15) is 14.4 Å². The maximum atomic E-state index is 11.7. The van der Waals surface area contributed by atoms with Crippen LogP contribution in [-0.4, -0.2) is 35.1 Å². The highest BCUT2D eigenvalue weighted by Gasteiger charge is 2.51. The summed E-state index contributed by atoms with van der Waals surface area (Å²) >= 11 is 0. The van der Waals surface area contributed by atoms with Gasteiger partial charge in [-0.2, -0.15) is 0 Å². The smallest absolute Gasteiger partial charge is 0.318 e. The van der Waals surface area contributed by atoms with E-state index in [4.69, 9.17) is 16.2 Å². The number of carbonyl (C=O) groups excluding carboxylic acids is 3. The van der Waals surface area contributed by atoms with Crippen LogP contribution >= 0.6 is 0 Å². The van der Waals surface area contributed by atoms with Crippen LogP contribution in [0.25, 0.3) is 0 Å². The van der Waals surface area contributed by atoms with E-state index in [-0.39, 0.29) is 25.3 Å². The van der Waals surface area contributed by atoms with Crippen molar-refractivity contribution in [3.05, 3.63) is 0 Å². The largest absolute Gasteiger partial charge is 0.429 e. The molecule has 7 nitrogen and oxygen atoms in total. The van der Waals surface area contributed by atoms with Gasteiger partial charge in [0, 0.05) is 19.4 Å². The third-order valence-electron chi connectivity index (χ3n) is 2.84. The summed E-state index contributed by atoms with van der Waals surface area (Å²) in [6.45, 7) is 3.95. The molecule has 1 rings (SSSR count). The molecule has 1 saturated heterocycles. The lowest BCUT2D eigenvalue weighted by molar-refractivity contribution is -0.180. The highest BCUT2D eigenvalue weighted by atomic mass is 16.6. The number of ether oxygens (including phenoxy) is 1. The number of esters is 1. The number of amides is 3. The van der Waals surface area contributed by atoms with Gasteiger partial charge in [-0.05, 0) is 12.3 Å². The van der Waals surface area contributed by atoms with Gasteiger partial charge in [0.1, 0.15) is 0 Å². The van der Waals surface area contributed by atoms with Gasteiger partial charge in [0.25, 0.3) is 11.6 Å². The van der Waals surface area contributed by atoms with Gasteiger partial charge in [0.2, 0.25) is 0 Å². The number of primary amides is 2. The maximum Gasteiger partial charge on any atom is 0.318 e. The first-order valence-corrected chi connectivity index (χ1v) is 5.88. The minimum absolute atomic E-state index is 0.0888. The summed E-state index contributed by atoms with van der Waals surface area (Å²) in [5.41, 5.74) is 8.74. The van der Waals surface area contributed by atoms with Crippen molar-refractivity contribution < 1.29 is 19.1 Å². The van der Waals surface area contributed by atoms with Crippen LogP contribution in [0.3, 0.4) is 0 Å². The van der Waals surface area contributed by atoms with Gasteiger partial charge in [0.05, 0.1) is 0 Å². The Labute approximate surface area is 105 Å². The summed E-state index contributed by atoms with van der Waals surface area (Å²) in [6, 6.07) is -0.816. The SMILES string of the molecule is CC(C)CC(=O)OC1(C(N)=O)CCCN1C(N)=O. The molecule has 0 saturated carbocycles. The van der Waals surface area contributed by atoms with Crippen molar-refractivity contribution in [3.8, 4) is 0 Å². The molecule has 0 spiro atoms. The Morgan fingerprint density at radius 3 is 2.39 bits per heavy atom. The Kier molecular flexibility index (Phi) is 4.15. The van der Waals surface area contributed by atoms with Crippen molar-refractivity contribution in [2.24, 2.45) is 17.4 Å². The molecular weight excluding hydrogens is 238 g/mol. The molecule has 1 heterocycles. The van der Waals surface area contributed by atoms with Gasteiger partial charge in [-0.1, -0.05) is 13.8 Å². The molecule has 3 amide bonds. The molecule has 18 heavy (non-hydrogen) atoms. The molecule has 1 aliphatic heterocycles. The fourth-order valence-corrected chi connectivity index (χ4v) is 2.06. The van der Waals surface area contributed by atoms with Crippen molar-refractivity contribution in [2.45, 2.75) is 38.8 Å². The highest BCUT2D eigenvalue weighted by Crippen LogP contribution is 2.31. The van der Waals surface area contributed by atoms with Crippen LogP contribution in [0.5, 0.6) is 0 Å². The Balaban J connectivity index is 2.91. The Morgan fingerprint density at radius 2 is 1.94 bits per heavy atom. The number of likely N-dealkylation sites (tertiary alicyclic amines) is 1. The molecule has 0 aromatic rings. The lowest BCUT2D eigenvalue weighted by Gasteiger charge is -2.33. The van der Waals surface area contributed by atoms with E-state index >= 15 is 0 Å². The van der Waals surface area contributed by atoms with E-state index < -0.39 is 23.6 Å². The van der Waals surface area contributed by atoms with E-state index in [0.717, 1.165) is 4.90 Å². The number of urea groups is 1. The second-order valence-corrected chi connectivity index (χ2v) is 4.81. The first kappa shape index (κ1) is 14.3. The zero-order chi connectivity index (χ0) is 13.9. The molecule has 4 N–H and O–H groups in total. The first-order valence-electron chi connectivity index (χ1n) is 5.88. The van der Waals surface area contributed by atoms with Crippen LogP contribution in [0.4, 0.5) is 4.79 Å². The third kappa shape index (κ3) is 2.72. The summed E-state index contributed by atoms with van der Waals surface area (Å²) < 4.78 is 5.16. The number of nitrogens with two attached hydrogens (primary N) is 2. The zero-order valence-corrected chi connectivity index (χ0v) is 10.6. The number of hydrogen-bond acceptors (Lipinski definition) is 4. The average Bonchev–Trinajstić information content (AvgIpc) is 2.61. The molecule has 0 radical (unpaired) electrons. The lowest BCUT2D eigenvalue weighted by atomic mass is 10.1. The third-order valence-corrected chi connectivity index (χ3v) is 2.84. The monoisotopic (exact) mass is 257 g/mol. The molecule has 0 bridgehead atoms. The number of hydrogen-bond donors (Lipinski definition) is 2. The summed E-state index contributed by atoms with van der Waals surface area (Å²) in [5.74, 6) is -1.33. The standard InChI is InChI=1S/C11H19N3O4/c1-7(2)6-8(15)18-11(9(12)16)4-3-5-14(11)10(13)17/h7H,3-6H2,1-2H3,(H2,12,16)(H2,13,17). The predicted molar refractivity (Wildman–Crippen MR) is 63.0 cm³/mol. The molecule has 1 fully saturated rings. The Hall–Kier alpha value is -1.79. The van der Waals surface area contributed by atoms with Gasteiger partial charge in [-0.15, -0.1) is 0 Å². The Bertz CT molecular complexity index is 369. The van der Waals surface area contributed by atoms with E-state index in [0.29, 0.717) is 6.42 Å². The fourth-order valence-electron chi connectivity index (χ4n) is 2.06. The van der Waals surface area contributed by atoms with Crippen molar-refractivity contribution in [1.29, 1.82) is 0 Å². The molecule has 1 atom stereocenters. The topological polar surface area (TPSA) is 116 Å².